The Kier molecular flexibility index (Phi) is 4.33. The van der Waals surface area contributed by atoms with Crippen LogP contribution < -0.4 is 5.73 Å². The summed E-state index contributed by atoms with van der Waals surface area (Å²) < 4.78 is 13.7. The SMILES string of the molecule is CC(c1ccccc1F)N(C)C(N)=NC(C)(C)C. The highest BCUT2D eigenvalue weighted by atomic mass is 19.1. The lowest BCUT2D eigenvalue weighted by molar-refractivity contribution is 0.378. The topological polar surface area (TPSA) is 41.6 Å². The van der Waals surface area contributed by atoms with Crippen molar-refractivity contribution < 1.29 is 4.39 Å². The Labute approximate surface area is 109 Å². The summed E-state index contributed by atoms with van der Waals surface area (Å²) in [4.78, 5) is 6.16. The molecule has 0 radical (unpaired) electrons. The van der Waals surface area contributed by atoms with Gasteiger partial charge in [-0.05, 0) is 33.8 Å². The third-order valence-corrected chi connectivity index (χ3v) is 2.75. The van der Waals surface area contributed by atoms with Gasteiger partial charge in [0.15, 0.2) is 5.96 Å². The Bertz CT molecular complexity index is 435. The zero-order valence-corrected chi connectivity index (χ0v) is 11.7. The Morgan fingerprint density at radius 3 is 2.39 bits per heavy atom. The lowest BCUT2D eigenvalue weighted by Gasteiger charge is -2.28. The van der Waals surface area contributed by atoms with E-state index in [-0.39, 0.29) is 17.4 Å². The lowest BCUT2D eigenvalue weighted by atomic mass is 10.1. The van der Waals surface area contributed by atoms with Crippen LogP contribution in [0.25, 0.3) is 0 Å². The first-order chi connectivity index (χ1) is 8.22. The lowest BCUT2D eigenvalue weighted by Crippen LogP contribution is -2.38. The maximum atomic E-state index is 13.7. The van der Waals surface area contributed by atoms with Gasteiger partial charge in [-0.3, -0.25) is 0 Å². The molecule has 0 aliphatic heterocycles. The summed E-state index contributed by atoms with van der Waals surface area (Å²) in [5.41, 5.74) is 6.32. The maximum absolute atomic E-state index is 13.7. The molecule has 4 heteroatoms. The Balaban J connectivity index is 2.95. The molecular formula is C14H22FN3. The van der Waals surface area contributed by atoms with Gasteiger partial charge in [0.1, 0.15) is 5.82 Å². The van der Waals surface area contributed by atoms with Crippen molar-refractivity contribution in [2.24, 2.45) is 10.7 Å². The minimum Gasteiger partial charge on any atom is -0.370 e. The molecular weight excluding hydrogens is 229 g/mol. The Hall–Kier alpha value is -1.58. The van der Waals surface area contributed by atoms with Gasteiger partial charge < -0.3 is 10.6 Å². The molecule has 3 nitrogen and oxygen atoms in total. The van der Waals surface area contributed by atoms with Crippen molar-refractivity contribution in [1.82, 2.24) is 4.90 Å². The van der Waals surface area contributed by atoms with Crippen molar-refractivity contribution >= 4 is 5.96 Å². The number of rotatable bonds is 2. The van der Waals surface area contributed by atoms with Crippen LogP contribution in [-0.4, -0.2) is 23.4 Å². The second kappa shape index (κ2) is 5.38. The monoisotopic (exact) mass is 251 g/mol. The van der Waals surface area contributed by atoms with Crippen molar-refractivity contribution in [2.45, 2.75) is 39.3 Å². The average molecular weight is 251 g/mol. The van der Waals surface area contributed by atoms with E-state index < -0.39 is 0 Å². The van der Waals surface area contributed by atoms with Gasteiger partial charge in [0, 0.05) is 12.6 Å². The third-order valence-electron chi connectivity index (χ3n) is 2.75. The van der Waals surface area contributed by atoms with Gasteiger partial charge in [0.05, 0.1) is 11.6 Å². The van der Waals surface area contributed by atoms with Crippen LogP contribution in [0, 0.1) is 5.82 Å². The van der Waals surface area contributed by atoms with E-state index in [0.29, 0.717) is 11.5 Å². The minimum atomic E-state index is -0.243. The van der Waals surface area contributed by atoms with E-state index in [9.17, 15) is 4.39 Å². The normalized spacial score (nSPS) is 14.4. The van der Waals surface area contributed by atoms with Crippen LogP contribution >= 0.6 is 0 Å². The van der Waals surface area contributed by atoms with Gasteiger partial charge >= 0.3 is 0 Å². The van der Waals surface area contributed by atoms with Gasteiger partial charge in [-0.2, -0.15) is 0 Å². The van der Waals surface area contributed by atoms with Crippen LogP contribution in [0.2, 0.25) is 0 Å². The van der Waals surface area contributed by atoms with Crippen molar-refractivity contribution in [2.75, 3.05) is 7.05 Å². The Morgan fingerprint density at radius 1 is 1.33 bits per heavy atom. The number of halogens is 1. The summed E-state index contributed by atoms with van der Waals surface area (Å²) in [7, 11) is 1.82. The predicted molar refractivity (Wildman–Crippen MR) is 74.0 cm³/mol. The van der Waals surface area contributed by atoms with E-state index >= 15 is 0 Å². The Morgan fingerprint density at radius 2 is 1.89 bits per heavy atom. The molecule has 1 unspecified atom stereocenters. The van der Waals surface area contributed by atoms with E-state index in [4.69, 9.17) is 5.73 Å². The van der Waals surface area contributed by atoms with Gasteiger partial charge in [-0.25, -0.2) is 9.38 Å². The van der Waals surface area contributed by atoms with E-state index in [0.717, 1.165) is 0 Å². The molecule has 0 bridgehead atoms. The molecule has 18 heavy (non-hydrogen) atoms. The predicted octanol–water partition coefficient (Wildman–Crippen LogP) is 2.93. The van der Waals surface area contributed by atoms with Crippen molar-refractivity contribution in [3.8, 4) is 0 Å². The number of nitrogens with two attached hydrogens (primary N) is 1. The van der Waals surface area contributed by atoms with Gasteiger partial charge in [0.25, 0.3) is 0 Å². The molecule has 1 aromatic carbocycles. The summed E-state index contributed by atoms with van der Waals surface area (Å²) in [6, 6.07) is 6.56. The standard InChI is InChI=1S/C14H22FN3/c1-10(11-8-6-7-9-12(11)15)18(5)13(16)17-14(2,3)4/h6-10H,1-5H3,(H2,16,17). The largest absolute Gasteiger partial charge is 0.370 e. The van der Waals surface area contributed by atoms with Crippen molar-refractivity contribution in [1.29, 1.82) is 0 Å². The molecule has 100 valence electrons. The number of guanidine groups is 1. The molecule has 1 aromatic rings. The van der Waals surface area contributed by atoms with Crippen LogP contribution in [-0.2, 0) is 0 Å². The zero-order valence-electron chi connectivity index (χ0n) is 11.7. The smallest absolute Gasteiger partial charge is 0.192 e. The van der Waals surface area contributed by atoms with Crippen molar-refractivity contribution in [3.63, 3.8) is 0 Å². The molecule has 0 aliphatic carbocycles. The molecule has 0 amide bonds. The number of nitrogens with zero attached hydrogens (tertiary/aromatic N) is 2. The van der Waals surface area contributed by atoms with Crippen LogP contribution in [0.1, 0.15) is 39.3 Å². The summed E-state index contributed by atoms with van der Waals surface area (Å²) in [5.74, 6) is 0.193. The number of hydrogen-bond acceptors (Lipinski definition) is 1. The highest BCUT2D eigenvalue weighted by Crippen LogP contribution is 2.21. The van der Waals surface area contributed by atoms with Crippen LogP contribution in [0.4, 0.5) is 4.39 Å². The van der Waals surface area contributed by atoms with E-state index in [1.807, 2.05) is 40.8 Å². The summed E-state index contributed by atoms with van der Waals surface area (Å²) in [6.45, 7) is 7.83. The first-order valence-electron chi connectivity index (χ1n) is 6.05. The molecule has 0 saturated heterocycles. The van der Waals surface area contributed by atoms with E-state index in [1.165, 1.54) is 6.07 Å². The van der Waals surface area contributed by atoms with Crippen molar-refractivity contribution in [3.05, 3.63) is 35.6 Å². The first-order valence-corrected chi connectivity index (χ1v) is 6.05. The highest BCUT2D eigenvalue weighted by molar-refractivity contribution is 5.78. The average Bonchev–Trinajstić information content (AvgIpc) is 2.25. The number of hydrogen-bond donors (Lipinski definition) is 1. The quantitative estimate of drug-likeness (QED) is 0.648. The summed E-state index contributed by atoms with van der Waals surface area (Å²) in [5, 5.41) is 0. The zero-order chi connectivity index (χ0) is 13.9. The molecule has 1 rings (SSSR count). The second-order valence-electron chi connectivity index (χ2n) is 5.45. The van der Waals surface area contributed by atoms with Gasteiger partial charge in [0.2, 0.25) is 0 Å². The third kappa shape index (κ3) is 3.72. The first kappa shape index (κ1) is 14.5. The van der Waals surface area contributed by atoms with Gasteiger partial charge in [-0.1, -0.05) is 18.2 Å². The molecule has 1 atom stereocenters. The van der Waals surface area contributed by atoms with Gasteiger partial charge in [-0.15, -0.1) is 0 Å². The fraction of sp³-hybridized carbons (Fsp3) is 0.500. The van der Waals surface area contributed by atoms with Crippen LogP contribution in [0.5, 0.6) is 0 Å². The van der Waals surface area contributed by atoms with E-state index in [2.05, 4.69) is 4.99 Å². The summed E-state index contributed by atoms with van der Waals surface area (Å²) in [6.07, 6.45) is 0. The van der Waals surface area contributed by atoms with E-state index in [1.54, 1.807) is 17.0 Å². The molecule has 0 spiro atoms. The number of benzene rings is 1. The number of aliphatic imine (C=N–C) groups is 1. The van der Waals surface area contributed by atoms with Crippen LogP contribution in [0.3, 0.4) is 0 Å². The fourth-order valence-electron chi connectivity index (χ4n) is 1.64. The second-order valence-corrected chi connectivity index (χ2v) is 5.45. The fourth-order valence-corrected chi connectivity index (χ4v) is 1.64. The molecule has 0 aliphatic rings. The van der Waals surface area contributed by atoms with Crippen LogP contribution in [0.15, 0.2) is 29.3 Å². The highest BCUT2D eigenvalue weighted by Gasteiger charge is 2.18. The molecule has 2 N–H and O–H groups in total. The molecule has 0 aromatic heterocycles. The maximum Gasteiger partial charge on any atom is 0.192 e. The molecule has 0 heterocycles. The minimum absolute atomic E-state index is 0.155. The molecule has 0 fully saturated rings. The molecule has 0 saturated carbocycles. The summed E-state index contributed by atoms with van der Waals surface area (Å²) >= 11 is 0.